The van der Waals surface area contributed by atoms with Gasteiger partial charge in [-0.2, -0.15) is 31.5 Å². The van der Waals surface area contributed by atoms with E-state index < -0.39 is 24.6 Å². The fourth-order valence-electron chi connectivity index (χ4n) is 1.15. The number of anilines is 1. The molecule has 0 fully saturated rings. The molecule has 2 aromatic rings. The van der Waals surface area contributed by atoms with Crippen molar-refractivity contribution < 1.29 is 26.7 Å². The molecule has 2 aromatic heterocycles. The Balaban J connectivity index is 2.23. The van der Waals surface area contributed by atoms with E-state index in [0.29, 0.717) is 0 Å². The van der Waals surface area contributed by atoms with Crippen molar-refractivity contribution >= 4 is 11.6 Å². The summed E-state index contributed by atoms with van der Waals surface area (Å²) in [6.45, 7) is -1.89. The summed E-state index contributed by atoms with van der Waals surface area (Å²) in [6, 6.07) is 0. The molecule has 2 rings (SSSR count). The second-order valence-electron chi connectivity index (χ2n) is 3.48. The van der Waals surface area contributed by atoms with E-state index in [1.807, 2.05) is 0 Å². The molecule has 0 saturated heterocycles. The fraction of sp³-hybridized carbons (Fsp3) is 0.375. The molecule has 0 saturated carbocycles. The standard InChI is InChI=1S/C8H6F5N5O/c9-7(10,8(11,12)13)3-19-5-2-15-1-4-16-6(14)17-18(4)5/h1-2H,3H2,(H2,14,17). The van der Waals surface area contributed by atoms with Gasteiger partial charge in [-0.05, 0) is 0 Å². The van der Waals surface area contributed by atoms with Gasteiger partial charge in [-0.25, -0.2) is 0 Å². The average molecular weight is 283 g/mol. The lowest BCUT2D eigenvalue weighted by molar-refractivity contribution is -0.290. The normalized spacial score (nSPS) is 12.9. The highest BCUT2D eigenvalue weighted by Crippen LogP contribution is 2.35. The topological polar surface area (TPSA) is 78.3 Å². The van der Waals surface area contributed by atoms with Crippen molar-refractivity contribution in [1.82, 2.24) is 19.6 Å². The highest BCUT2D eigenvalue weighted by molar-refractivity contribution is 5.41. The van der Waals surface area contributed by atoms with Crippen LogP contribution in [0.2, 0.25) is 0 Å². The van der Waals surface area contributed by atoms with E-state index in [2.05, 4.69) is 19.8 Å². The van der Waals surface area contributed by atoms with Gasteiger partial charge in [0.05, 0.1) is 12.4 Å². The Kier molecular flexibility index (Phi) is 2.91. The third-order valence-corrected chi connectivity index (χ3v) is 2.05. The van der Waals surface area contributed by atoms with Gasteiger partial charge in [-0.1, -0.05) is 0 Å². The van der Waals surface area contributed by atoms with Crippen molar-refractivity contribution in [3.8, 4) is 5.88 Å². The van der Waals surface area contributed by atoms with Crippen LogP contribution in [0.3, 0.4) is 0 Å². The van der Waals surface area contributed by atoms with E-state index in [-0.39, 0.29) is 11.6 Å². The largest absolute Gasteiger partial charge is 0.470 e. The number of nitrogens with two attached hydrogens (primary N) is 1. The summed E-state index contributed by atoms with van der Waals surface area (Å²) in [5, 5.41) is 3.57. The number of halogens is 5. The van der Waals surface area contributed by atoms with Crippen LogP contribution in [0.25, 0.3) is 5.65 Å². The zero-order chi connectivity index (χ0) is 14.3. The first-order valence-electron chi connectivity index (χ1n) is 4.74. The van der Waals surface area contributed by atoms with Gasteiger partial charge in [0.1, 0.15) is 0 Å². The lowest BCUT2D eigenvalue weighted by Crippen LogP contribution is -2.42. The number of hydrogen-bond acceptors (Lipinski definition) is 5. The first kappa shape index (κ1) is 13.2. The minimum Gasteiger partial charge on any atom is -0.470 e. The maximum Gasteiger partial charge on any atom is 0.456 e. The molecular weight excluding hydrogens is 277 g/mol. The average Bonchev–Trinajstić information content (AvgIpc) is 2.65. The van der Waals surface area contributed by atoms with Crippen LogP contribution >= 0.6 is 0 Å². The summed E-state index contributed by atoms with van der Waals surface area (Å²) in [5.74, 6) is -5.60. The van der Waals surface area contributed by atoms with Crippen molar-refractivity contribution in [3.63, 3.8) is 0 Å². The van der Waals surface area contributed by atoms with Gasteiger partial charge >= 0.3 is 12.1 Å². The molecule has 0 amide bonds. The van der Waals surface area contributed by atoms with Gasteiger partial charge in [-0.15, -0.1) is 5.10 Å². The zero-order valence-corrected chi connectivity index (χ0v) is 9.03. The molecule has 104 valence electrons. The van der Waals surface area contributed by atoms with Crippen LogP contribution < -0.4 is 10.5 Å². The molecule has 0 aromatic carbocycles. The Morgan fingerprint density at radius 2 is 1.89 bits per heavy atom. The Morgan fingerprint density at radius 3 is 2.53 bits per heavy atom. The van der Waals surface area contributed by atoms with E-state index in [1.54, 1.807) is 0 Å². The van der Waals surface area contributed by atoms with E-state index in [4.69, 9.17) is 5.73 Å². The van der Waals surface area contributed by atoms with Crippen LogP contribution in [0.1, 0.15) is 0 Å². The quantitative estimate of drug-likeness (QED) is 0.858. The third kappa shape index (κ3) is 2.48. The van der Waals surface area contributed by atoms with Gasteiger partial charge < -0.3 is 10.5 Å². The molecule has 11 heteroatoms. The Labute approximate surface area is 102 Å². The molecule has 0 aliphatic heterocycles. The monoisotopic (exact) mass is 283 g/mol. The first-order chi connectivity index (χ1) is 8.71. The number of rotatable bonds is 3. The van der Waals surface area contributed by atoms with Crippen LogP contribution in [-0.4, -0.2) is 38.3 Å². The number of aromatic nitrogens is 4. The number of nitrogens with zero attached hydrogens (tertiary/aromatic N) is 4. The maximum absolute atomic E-state index is 12.7. The van der Waals surface area contributed by atoms with E-state index in [0.717, 1.165) is 10.7 Å². The lowest BCUT2D eigenvalue weighted by Gasteiger charge is -2.19. The van der Waals surface area contributed by atoms with E-state index >= 15 is 0 Å². The van der Waals surface area contributed by atoms with E-state index in [9.17, 15) is 22.0 Å². The smallest absolute Gasteiger partial charge is 0.456 e. The first-order valence-corrected chi connectivity index (χ1v) is 4.74. The lowest BCUT2D eigenvalue weighted by atomic mass is 10.3. The van der Waals surface area contributed by atoms with Gasteiger partial charge in [0.15, 0.2) is 12.3 Å². The van der Waals surface area contributed by atoms with Crippen molar-refractivity contribution in [2.24, 2.45) is 0 Å². The minimum atomic E-state index is -5.70. The molecule has 0 aliphatic rings. The summed E-state index contributed by atoms with van der Waals surface area (Å²) in [4.78, 5) is 7.20. The van der Waals surface area contributed by atoms with Crippen molar-refractivity contribution in [1.29, 1.82) is 0 Å². The number of hydrogen-bond donors (Lipinski definition) is 1. The summed E-state index contributed by atoms with van der Waals surface area (Å²) in [6.07, 6.45) is -3.58. The molecule has 0 spiro atoms. The SMILES string of the molecule is Nc1nc2cncc(OCC(F)(F)C(F)(F)F)n2n1. The van der Waals surface area contributed by atoms with Gasteiger partial charge in [-0.3, -0.25) is 4.98 Å². The fourth-order valence-corrected chi connectivity index (χ4v) is 1.15. The Hall–Kier alpha value is -2.20. The van der Waals surface area contributed by atoms with E-state index in [1.165, 1.54) is 6.20 Å². The van der Waals surface area contributed by atoms with Crippen LogP contribution in [0.5, 0.6) is 5.88 Å². The highest BCUT2D eigenvalue weighted by Gasteiger charge is 2.58. The van der Waals surface area contributed by atoms with Crippen molar-refractivity contribution in [3.05, 3.63) is 12.4 Å². The van der Waals surface area contributed by atoms with Crippen LogP contribution in [-0.2, 0) is 0 Å². The number of fused-ring (bicyclic) bond motifs is 1. The summed E-state index contributed by atoms with van der Waals surface area (Å²) >= 11 is 0. The maximum atomic E-state index is 12.7. The molecule has 0 atom stereocenters. The van der Waals surface area contributed by atoms with Gasteiger partial charge in [0.2, 0.25) is 11.8 Å². The predicted molar refractivity (Wildman–Crippen MR) is 51.7 cm³/mol. The second kappa shape index (κ2) is 4.17. The highest BCUT2D eigenvalue weighted by atomic mass is 19.4. The summed E-state index contributed by atoms with van der Waals surface area (Å²) < 4.78 is 66.5. The Morgan fingerprint density at radius 1 is 1.21 bits per heavy atom. The molecule has 0 aliphatic carbocycles. The van der Waals surface area contributed by atoms with Crippen molar-refractivity contribution in [2.75, 3.05) is 12.3 Å². The second-order valence-corrected chi connectivity index (χ2v) is 3.48. The molecule has 6 nitrogen and oxygen atoms in total. The summed E-state index contributed by atoms with van der Waals surface area (Å²) in [7, 11) is 0. The molecule has 2 heterocycles. The van der Waals surface area contributed by atoms with Crippen molar-refractivity contribution in [2.45, 2.75) is 12.1 Å². The minimum absolute atomic E-state index is 0.0605. The van der Waals surface area contributed by atoms with Gasteiger partial charge in [0, 0.05) is 0 Å². The van der Waals surface area contributed by atoms with Gasteiger partial charge in [0.25, 0.3) is 0 Å². The predicted octanol–water partition coefficient (Wildman–Crippen LogP) is 1.28. The third-order valence-electron chi connectivity index (χ3n) is 2.05. The number of ether oxygens (including phenoxy) is 1. The number of nitrogen functional groups attached to an aromatic ring is 1. The Bertz CT molecular complexity index is 595. The zero-order valence-electron chi connectivity index (χ0n) is 9.03. The van der Waals surface area contributed by atoms with Crippen LogP contribution in [0.4, 0.5) is 27.9 Å². The molecule has 19 heavy (non-hydrogen) atoms. The molecule has 0 bridgehead atoms. The summed E-state index contributed by atoms with van der Waals surface area (Å²) in [5.41, 5.74) is 5.32. The van der Waals surface area contributed by atoms with Crippen LogP contribution in [0.15, 0.2) is 12.4 Å². The molecular formula is C8H6F5N5O. The molecule has 0 unspecified atom stereocenters. The number of alkyl halides is 5. The molecule has 0 radical (unpaired) electrons. The van der Waals surface area contributed by atoms with Crippen LogP contribution in [0, 0.1) is 0 Å². The molecule has 2 N–H and O–H groups in total.